The molecule has 130 valence electrons. The second kappa shape index (κ2) is 9.85. The lowest BCUT2D eigenvalue weighted by Crippen LogP contribution is -2.33. The number of aliphatic imine (C=N–C) groups is 1. The minimum atomic E-state index is 0. The Balaban J connectivity index is 0.00000264. The van der Waals surface area contributed by atoms with Crippen molar-refractivity contribution in [3.8, 4) is 11.5 Å². The van der Waals surface area contributed by atoms with Crippen LogP contribution in [-0.2, 0) is 0 Å². The number of anilines is 1. The fourth-order valence-electron chi connectivity index (χ4n) is 2.62. The molecule has 1 saturated carbocycles. The molecule has 0 spiro atoms. The maximum absolute atomic E-state index is 5.34. The van der Waals surface area contributed by atoms with E-state index in [1.54, 1.807) is 14.2 Å². The van der Waals surface area contributed by atoms with Crippen molar-refractivity contribution >= 4 is 35.6 Å². The van der Waals surface area contributed by atoms with E-state index >= 15 is 0 Å². The number of halogens is 1. The molecule has 2 unspecified atom stereocenters. The predicted octanol–water partition coefficient (Wildman–Crippen LogP) is 3.89. The van der Waals surface area contributed by atoms with E-state index in [0.29, 0.717) is 11.8 Å². The van der Waals surface area contributed by atoms with E-state index in [-0.39, 0.29) is 24.0 Å². The van der Waals surface area contributed by atoms with E-state index in [1.807, 2.05) is 25.1 Å². The van der Waals surface area contributed by atoms with Gasteiger partial charge in [0.1, 0.15) is 0 Å². The van der Waals surface area contributed by atoms with Crippen molar-refractivity contribution in [2.75, 3.05) is 26.1 Å². The van der Waals surface area contributed by atoms with E-state index in [1.165, 1.54) is 19.3 Å². The summed E-state index contributed by atoms with van der Waals surface area (Å²) in [4.78, 5) is 4.51. The summed E-state index contributed by atoms with van der Waals surface area (Å²) in [6, 6.07) is 6.33. The predicted molar refractivity (Wildman–Crippen MR) is 106 cm³/mol. The molecule has 1 aliphatic rings. The lowest BCUT2D eigenvalue weighted by Gasteiger charge is -2.14. The van der Waals surface area contributed by atoms with Gasteiger partial charge in [0.2, 0.25) is 0 Å². The second-order valence-electron chi connectivity index (χ2n) is 5.55. The molecule has 0 bridgehead atoms. The highest BCUT2D eigenvalue weighted by molar-refractivity contribution is 14.0. The number of hydrogen-bond donors (Lipinski definition) is 2. The molecule has 0 radical (unpaired) electrons. The van der Waals surface area contributed by atoms with E-state index < -0.39 is 0 Å². The highest BCUT2D eigenvalue weighted by Crippen LogP contribution is 2.34. The highest BCUT2D eigenvalue weighted by Gasteiger charge is 2.36. The molecule has 0 saturated heterocycles. The topological polar surface area (TPSA) is 54.9 Å². The number of nitrogens with one attached hydrogen (secondary N) is 2. The fourth-order valence-corrected chi connectivity index (χ4v) is 2.62. The van der Waals surface area contributed by atoms with Gasteiger partial charge in [0, 0.05) is 24.3 Å². The smallest absolute Gasteiger partial charge is 0.196 e. The molecule has 0 heterocycles. The number of rotatable bonds is 7. The molecule has 23 heavy (non-hydrogen) atoms. The van der Waals surface area contributed by atoms with E-state index in [4.69, 9.17) is 9.47 Å². The van der Waals surface area contributed by atoms with Crippen LogP contribution in [-0.4, -0.2) is 32.8 Å². The van der Waals surface area contributed by atoms with Gasteiger partial charge >= 0.3 is 0 Å². The minimum absolute atomic E-state index is 0. The van der Waals surface area contributed by atoms with Gasteiger partial charge in [-0.05, 0) is 37.8 Å². The van der Waals surface area contributed by atoms with Crippen LogP contribution < -0.4 is 20.1 Å². The lowest BCUT2D eigenvalue weighted by atomic mass is 10.2. The second-order valence-corrected chi connectivity index (χ2v) is 5.55. The Morgan fingerprint density at radius 3 is 2.57 bits per heavy atom. The number of benzene rings is 1. The molecule has 0 aliphatic heterocycles. The molecule has 2 rings (SSSR count). The first-order valence-electron chi connectivity index (χ1n) is 8.01. The average molecular weight is 433 g/mol. The van der Waals surface area contributed by atoms with Gasteiger partial charge in [-0.3, -0.25) is 4.99 Å². The largest absolute Gasteiger partial charge is 0.493 e. The number of hydrogen-bond acceptors (Lipinski definition) is 3. The molecule has 1 fully saturated rings. The molecule has 1 aromatic rings. The zero-order chi connectivity index (χ0) is 15.9. The highest BCUT2D eigenvalue weighted by atomic mass is 127. The summed E-state index contributed by atoms with van der Waals surface area (Å²) in [5, 5.41) is 6.85. The summed E-state index contributed by atoms with van der Waals surface area (Å²) in [7, 11) is 3.28. The minimum Gasteiger partial charge on any atom is -0.493 e. The summed E-state index contributed by atoms with van der Waals surface area (Å²) < 4.78 is 10.6. The van der Waals surface area contributed by atoms with Gasteiger partial charge in [-0.15, -0.1) is 24.0 Å². The van der Waals surface area contributed by atoms with Crippen LogP contribution in [0.25, 0.3) is 0 Å². The number of ether oxygens (including phenoxy) is 2. The van der Waals surface area contributed by atoms with Crippen molar-refractivity contribution in [3.05, 3.63) is 18.2 Å². The first-order valence-corrected chi connectivity index (χ1v) is 8.01. The Kier molecular flexibility index (Phi) is 8.51. The van der Waals surface area contributed by atoms with Gasteiger partial charge in [-0.2, -0.15) is 0 Å². The summed E-state index contributed by atoms with van der Waals surface area (Å²) >= 11 is 0. The molecule has 2 atom stereocenters. The normalized spacial score (nSPS) is 19.6. The van der Waals surface area contributed by atoms with Crippen molar-refractivity contribution < 1.29 is 9.47 Å². The van der Waals surface area contributed by atoms with Gasteiger partial charge in [0.05, 0.1) is 14.2 Å². The van der Waals surface area contributed by atoms with Crippen LogP contribution in [0.1, 0.15) is 33.1 Å². The van der Waals surface area contributed by atoms with Crippen LogP contribution in [0.15, 0.2) is 23.2 Å². The van der Waals surface area contributed by atoms with Crippen molar-refractivity contribution in [2.45, 2.75) is 39.2 Å². The zero-order valence-corrected chi connectivity index (χ0v) is 16.7. The lowest BCUT2D eigenvalue weighted by molar-refractivity contribution is 0.355. The SMILES string of the molecule is CCCC1CC1NC(=NCC)Nc1ccc(OC)c(OC)c1.I. The van der Waals surface area contributed by atoms with Gasteiger partial charge in [-0.1, -0.05) is 13.3 Å². The van der Waals surface area contributed by atoms with Gasteiger partial charge < -0.3 is 20.1 Å². The Morgan fingerprint density at radius 2 is 1.96 bits per heavy atom. The van der Waals surface area contributed by atoms with Gasteiger partial charge in [0.15, 0.2) is 17.5 Å². The van der Waals surface area contributed by atoms with Crippen molar-refractivity contribution in [2.24, 2.45) is 10.9 Å². The molecule has 5 nitrogen and oxygen atoms in total. The first-order chi connectivity index (χ1) is 10.7. The van der Waals surface area contributed by atoms with Crippen LogP contribution in [0, 0.1) is 5.92 Å². The summed E-state index contributed by atoms with van der Waals surface area (Å²) in [6.45, 7) is 5.01. The number of methoxy groups -OCH3 is 2. The van der Waals surface area contributed by atoms with Gasteiger partial charge in [0.25, 0.3) is 0 Å². The first kappa shape index (κ1) is 19.9. The Morgan fingerprint density at radius 1 is 1.22 bits per heavy atom. The number of nitrogens with zero attached hydrogens (tertiary/aromatic N) is 1. The van der Waals surface area contributed by atoms with E-state index in [0.717, 1.165) is 29.9 Å². The number of guanidine groups is 1. The van der Waals surface area contributed by atoms with Crippen LogP contribution in [0.2, 0.25) is 0 Å². The maximum atomic E-state index is 5.34. The molecule has 6 heteroatoms. The third kappa shape index (κ3) is 5.75. The Labute approximate surface area is 156 Å². The fraction of sp³-hybridized carbons (Fsp3) is 0.588. The summed E-state index contributed by atoms with van der Waals surface area (Å²) in [5.74, 6) is 3.05. The molecule has 1 aliphatic carbocycles. The molecular weight excluding hydrogens is 405 g/mol. The van der Waals surface area contributed by atoms with E-state index in [9.17, 15) is 0 Å². The quantitative estimate of drug-likeness (QED) is 0.389. The Bertz CT molecular complexity index is 523. The molecule has 1 aromatic carbocycles. The third-order valence-electron chi connectivity index (χ3n) is 3.87. The van der Waals surface area contributed by atoms with Crippen molar-refractivity contribution in [1.29, 1.82) is 0 Å². The van der Waals surface area contributed by atoms with Crippen LogP contribution in [0.3, 0.4) is 0 Å². The van der Waals surface area contributed by atoms with Crippen LogP contribution in [0.5, 0.6) is 11.5 Å². The van der Waals surface area contributed by atoms with Crippen LogP contribution >= 0.6 is 24.0 Å². The average Bonchev–Trinajstić information content (AvgIpc) is 3.25. The summed E-state index contributed by atoms with van der Waals surface area (Å²) in [6.07, 6.45) is 3.77. The van der Waals surface area contributed by atoms with E-state index in [2.05, 4.69) is 22.5 Å². The molecular formula is C17H28IN3O2. The molecule has 0 aromatic heterocycles. The Hall–Kier alpha value is -1.18. The zero-order valence-electron chi connectivity index (χ0n) is 14.4. The van der Waals surface area contributed by atoms with Gasteiger partial charge in [-0.25, -0.2) is 0 Å². The molecule has 2 N–H and O–H groups in total. The standard InChI is InChI=1S/C17H27N3O2.HI/c1-5-7-12-10-14(12)20-17(18-6-2)19-13-8-9-15(21-3)16(11-13)22-4;/h8-9,11-12,14H,5-7,10H2,1-4H3,(H2,18,19,20);1H. The van der Waals surface area contributed by atoms with Crippen molar-refractivity contribution in [3.63, 3.8) is 0 Å². The maximum Gasteiger partial charge on any atom is 0.196 e. The third-order valence-corrected chi connectivity index (χ3v) is 3.87. The van der Waals surface area contributed by atoms with Crippen molar-refractivity contribution in [1.82, 2.24) is 5.32 Å². The van der Waals surface area contributed by atoms with Crippen LogP contribution in [0.4, 0.5) is 5.69 Å². The summed E-state index contributed by atoms with van der Waals surface area (Å²) in [5.41, 5.74) is 0.935. The monoisotopic (exact) mass is 433 g/mol. The molecule has 0 amide bonds.